The van der Waals surface area contributed by atoms with Gasteiger partial charge in [0, 0.05) is 25.2 Å². The predicted octanol–water partition coefficient (Wildman–Crippen LogP) is 1.30. The summed E-state index contributed by atoms with van der Waals surface area (Å²) < 4.78 is 35.8. The molecular formula is C24H34N8O5S. The Kier molecular flexibility index (Phi) is 8.33. The second kappa shape index (κ2) is 11.5. The number of piperidine rings is 1. The number of rotatable bonds is 10. The van der Waals surface area contributed by atoms with Crippen LogP contribution in [-0.4, -0.2) is 104 Å². The Bertz CT molecular complexity index is 1270. The normalized spacial score (nSPS) is 17.1. The van der Waals surface area contributed by atoms with E-state index >= 15 is 0 Å². The molecule has 0 saturated carbocycles. The summed E-state index contributed by atoms with van der Waals surface area (Å²) in [5, 5.41) is 6.02. The van der Waals surface area contributed by atoms with Crippen LogP contribution >= 0.6 is 0 Å². The first-order valence-corrected chi connectivity index (χ1v) is 14.1. The highest BCUT2D eigenvalue weighted by atomic mass is 32.2. The minimum atomic E-state index is -3.25. The number of ether oxygens (including phenoxy) is 2. The molecule has 0 unspecified atom stereocenters. The van der Waals surface area contributed by atoms with E-state index in [-0.39, 0.29) is 37.1 Å². The van der Waals surface area contributed by atoms with Crippen LogP contribution in [0.4, 0.5) is 23.0 Å². The average molecular weight is 547 g/mol. The van der Waals surface area contributed by atoms with Crippen molar-refractivity contribution in [2.75, 3.05) is 69.2 Å². The second-order valence-electron chi connectivity index (χ2n) is 9.48. The van der Waals surface area contributed by atoms with Gasteiger partial charge in [-0.2, -0.15) is 14.3 Å². The molecule has 1 amide bonds. The molecule has 13 nitrogen and oxygen atoms in total. The molecule has 38 heavy (non-hydrogen) atoms. The minimum Gasteiger partial charge on any atom is -0.494 e. The van der Waals surface area contributed by atoms with Gasteiger partial charge in [-0.05, 0) is 39.1 Å². The quantitative estimate of drug-likeness (QED) is 0.416. The lowest BCUT2D eigenvalue weighted by atomic mass is 10.0. The summed E-state index contributed by atoms with van der Waals surface area (Å²) in [5.74, 6) is 0.412. The minimum absolute atomic E-state index is 0.0696. The number of methoxy groups -OCH3 is 1. The van der Waals surface area contributed by atoms with Gasteiger partial charge >= 0.3 is 6.01 Å². The van der Waals surface area contributed by atoms with E-state index in [0.717, 1.165) is 37.9 Å². The number of benzene rings is 1. The van der Waals surface area contributed by atoms with E-state index in [1.54, 1.807) is 13.2 Å². The van der Waals surface area contributed by atoms with Gasteiger partial charge in [0.15, 0.2) is 0 Å². The highest BCUT2D eigenvalue weighted by molar-refractivity contribution is 7.88. The Balaban J connectivity index is 1.54. The number of carbonyl (C=O) groups excluding carboxylic acids is 1. The number of anilines is 4. The van der Waals surface area contributed by atoms with Gasteiger partial charge in [-0.25, -0.2) is 13.4 Å². The number of amides is 1. The van der Waals surface area contributed by atoms with E-state index in [9.17, 15) is 13.2 Å². The van der Waals surface area contributed by atoms with Crippen LogP contribution < -0.4 is 25.0 Å². The fourth-order valence-corrected chi connectivity index (χ4v) is 5.29. The molecule has 206 valence electrons. The first-order valence-electron chi connectivity index (χ1n) is 12.2. The molecule has 0 aliphatic carbocycles. The SMILES string of the molecule is C=CC(=O)Nc1cc(Nc2ncnc(OC3CN(S(C)(=O)=O)C3)n2)c(OC)cc1N1CCC(N(C)C)CC1. The molecule has 1 aromatic heterocycles. The molecule has 4 rings (SSSR count). The lowest BCUT2D eigenvalue weighted by Crippen LogP contribution is -2.55. The van der Waals surface area contributed by atoms with Crippen molar-refractivity contribution in [2.45, 2.75) is 25.0 Å². The van der Waals surface area contributed by atoms with Gasteiger partial charge in [-0.1, -0.05) is 6.58 Å². The lowest BCUT2D eigenvalue weighted by molar-refractivity contribution is -0.111. The molecule has 3 heterocycles. The van der Waals surface area contributed by atoms with Gasteiger partial charge in [0.2, 0.25) is 21.9 Å². The topological polar surface area (TPSA) is 142 Å². The zero-order valence-electron chi connectivity index (χ0n) is 22.0. The van der Waals surface area contributed by atoms with Crippen LogP contribution in [0.3, 0.4) is 0 Å². The van der Waals surface area contributed by atoms with Gasteiger partial charge in [0.25, 0.3) is 0 Å². The number of nitrogens with one attached hydrogen (secondary N) is 2. The van der Waals surface area contributed by atoms with E-state index in [2.05, 4.69) is 56.1 Å². The van der Waals surface area contributed by atoms with Crippen LogP contribution in [0.1, 0.15) is 12.8 Å². The molecule has 2 N–H and O–H groups in total. The van der Waals surface area contributed by atoms with E-state index in [0.29, 0.717) is 23.2 Å². The summed E-state index contributed by atoms with van der Waals surface area (Å²) in [6.45, 7) is 5.71. The molecule has 14 heteroatoms. The van der Waals surface area contributed by atoms with Crippen LogP contribution in [-0.2, 0) is 14.8 Å². The summed E-state index contributed by atoms with van der Waals surface area (Å²) in [7, 11) is 2.50. The van der Waals surface area contributed by atoms with Gasteiger partial charge in [-0.15, -0.1) is 0 Å². The van der Waals surface area contributed by atoms with E-state index in [1.807, 2.05) is 6.07 Å². The summed E-state index contributed by atoms with van der Waals surface area (Å²) in [5.41, 5.74) is 1.98. The molecule has 0 bridgehead atoms. The van der Waals surface area contributed by atoms with Crippen molar-refractivity contribution < 1.29 is 22.7 Å². The maximum Gasteiger partial charge on any atom is 0.321 e. The van der Waals surface area contributed by atoms with Crippen molar-refractivity contribution >= 4 is 38.9 Å². The molecule has 0 atom stereocenters. The summed E-state index contributed by atoms with van der Waals surface area (Å²) in [4.78, 5) is 29.2. The Morgan fingerprint density at radius 1 is 1.18 bits per heavy atom. The standard InChI is InChI=1S/C24H34N8O5S/c1-6-22(33)27-18-11-19(21(36-4)12-20(18)31-9-7-16(8-10-31)30(2)3)28-23-25-15-26-24(29-23)37-17-13-32(14-17)38(5,34)35/h6,11-12,15-17H,1,7-10,13-14H2,2-5H3,(H,27,33)(H,25,26,28,29). The Hall–Kier alpha value is -3.49. The Morgan fingerprint density at radius 3 is 2.50 bits per heavy atom. The maximum absolute atomic E-state index is 12.3. The van der Waals surface area contributed by atoms with Crippen LogP contribution in [0.15, 0.2) is 31.1 Å². The first-order chi connectivity index (χ1) is 18.1. The maximum atomic E-state index is 12.3. The largest absolute Gasteiger partial charge is 0.494 e. The number of hydrogen-bond acceptors (Lipinski definition) is 11. The molecule has 1 aromatic carbocycles. The first kappa shape index (κ1) is 27.5. The molecule has 2 aliphatic heterocycles. The van der Waals surface area contributed by atoms with Gasteiger partial charge in [0.05, 0.1) is 43.5 Å². The number of nitrogens with zero attached hydrogens (tertiary/aromatic N) is 6. The van der Waals surface area contributed by atoms with Crippen molar-refractivity contribution in [3.05, 3.63) is 31.1 Å². The van der Waals surface area contributed by atoms with Crippen LogP contribution in [0, 0.1) is 0 Å². The molecule has 2 fully saturated rings. The van der Waals surface area contributed by atoms with Crippen LogP contribution in [0.5, 0.6) is 11.8 Å². The molecule has 2 aromatic rings. The van der Waals surface area contributed by atoms with Crippen molar-refractivity contribution in [1.82, 2.24) is 24.2 Å². The van der Waals surface area contributed by atoms with Crippen molar-refractivity contribution in [1.29, 1.82) is 0 Å². The Labute approximate surface area is 222 Å². The smallest absolute Gasteiger partial charge is 0.321 e. The van der Waals surface area contributed by atoms with E-state index < -0.39 is 10.0 Å². The van der Waals surface area contributed by atoms with Crippen molar-refractivity contribution in [3.8, 4) is 11.8 Å². The molecule has 2 saturated heterocycles. The van der Waals surface area contributed by atoms with E-state index in [1.165, 1.54) is 16.7 Å². The van der Waals surface area contributed by atoms with Gasteiger partial charge in [0.1, 0.15) is 18.2 Å². The number of sulfonamides is 1. The zero-order chi connectivity index (χ0) is 27.4. The number of aromatic nitrogens is 3. The highest BCUT2D eigenvalue weighted by Crippen LogP contribution is 2.39. The third kappa shape index (κ3) is 6.49. The third-order valence-corrected chi connectivity index (χ3v) is 7.88. The predicted molar refractivity (Wildman–Crippen MR) is 145 cm³/mol. The van der Waals surface area contributed by atoms with Crippen LogP contribution in [0.25, 0.3) is 0 Å². The molecule has 0 spiro atoms. The van der Waals surface area contributed by atoms with Crippen LogP contribution in [0.2, 0.25) is 0 Å². The number of hydrogen-bond donors (Lipinski definition) is 2. The monoisotopic (exact) mass is 546 g/mol. The molecule has 0 radical (unpaired) electrons. The van der Waals surface area contributed by atoms with Gasteiger partial charge < -0.3 is 29.9 Å². The average Bonchev–Trinajstić information content (AvgIpc) is 2.85. The zero-order valence-corrected chi connectivity index (χ0v) is 22.9. The molecule has 2 aliphatic rings. The fraction of sp³-hybridized carbons (Fsp3) is 0.500. The second-order valence-corrected chi connectivity index (χ2v) is 11.5. The lowest BCUT2D eigenvalue weighted by Gasteiger charge is -2.37. The summed E-state index contributed by atoms with van der Waals surface area (Å²) in [6.07, 6.45) is 5.34. The van der Waals surface area contributed by atoms with Gasteiger partial charge in [-0.3, -0.25) is 4.79 Å². The van der Waals surface area contributed by atoms with Crippen molar-refractivity contribution in [2.24, 2.45) is 0 Å². The summed E-state index contributed by atoms with van der Waals surface area (Å²) >= 11 is 0. The van der Waals surface area contributed by atoms with Crippen molar-refractivity contribution in [3.63, 3.8) is 0 Å². The third-order valence-electron chi connectivity index (χ3n) is 6.65. The summed E-state index contributed by atoms with van der Waals surface area (Å²) in [6, 6.07) is 4.23. The van der Waals surface area contributed by atoms with E-state index in [4.69, 9.17) is 9.47 Å². The fourth-order valence-electron chi connectivity index (χ4n) is 4.42. The Morgan fingerprint density at radius 2 is 1.89 bits per heavy atom. The number of carbonyl (C=O) groups is 1. The molecular weight excluding hydrogens is 512 g/mol. The highest BCUT2D eigenvalue weighted by Gasteiger charge is 2.35.